The lowest BCUT2D eigenvalue weighted by Gasteiger charge is -2.34. The second-order valence-electron chi connectivity index (χ2n) is 7.98. The molecule has 11 heteroatoms. The lowest BCUT2D eigenvalue weighted by Crippen LogP contribution is -2.34. The van der Waals surface area contributed by atoms with Crippen LogP contribution in [0.15, 0.2) is 49.1 Å². The molecule has 2 atom stereocenters. The summed E-state index contributed by atoms with van der Waals surface area (Å²) in [5.74, 6) is -4.90. The van der Waals surface area contributed by atoms with E-state index in [1.165, 1.54) is 12.1 Å². The lowest BCUT2D eigenvalue weighted by molar-refractivity contribution is -0.0189. The molecule has 1 aliphatic heterocycles. The fraction of sp³-hybridized carbons (Fsp3) is 0.160. The number of hydrogen-bond acceptors (Lipinski definition) is 11. The molecule has 0 bridgehead atoms. The average molecular weight is 498 g/mol. The van der Waals surface area contributed by atoms with Gasteiger partial charge in [-0.3, -0.25) is 0 Å². The second kappa shape index (κ2) is 9.37. The minimum atomic E-state index is -1.17. The summed E-state index contributed by atoms with van der Waals surface area (Å²) in [7, 11) is 0. The number of carbonyl (C=O) groups is 1. The van der Waals surface area contributed by atoms with E-state index in [1.54, 1.807) is 0 Å². The molecule has 0 unspecified atom stereocenters. The summed E-state index contributed by atoms with van der Waals surface area (Å²) in [5.41, 5.74) is 0.0905. The number of benzene rings is 3. The molecule has 36 heavy (non-hydrogen) atoms. The van der Waals surface area contributed by atoms with Gasteiger partial charge < -0.3 is 50.0 Å². The highest BCUT2D eigenvalue weighted by Gasteiger charge is 2.37. The van der Waals surface area contributed by atoms with E-state index < -0.39 is 46.9 Å². The summed E-state index contributed by atoms with van der Waals surface area (Å²) >= 11 is 0. The predicted octanol–water partition coefficient (Wildman–Crippen LogP) is 3.09. The van der Waals surface area contributed by atoms with Crippen molar-refractivity contribution in [3.8, 4) is 51.7 Å². The number of carbonyl (C=O) groups excluding carboxylic acids is 1. The van der Waals surface area contributed by atoms with Crippen molar-refractivity contribution in [1.82, 2.24) is 0 Å². The number of aromatic hydroxyl groups is 7. The van der Waals surface area contributed by atoms with Crippen LogP contribution >= 0.6 is 0 Å². The smallest absolute Gasteiger partial charge is 0.338 e. The second-order valence-corrected chi connectivity index (χ2v) is 7.98. The van der Waals surface area contributed by atoms with E-state index in [1.807, 2.05) is 0 Å². The maximum absolute atomic E-state index is 13.0. The van der Waals surface area contributed by atoms with Gasteiger partial charge >= 0.3 is 5.97 Å². The Morgan fingerprint density at radius 1 is 0.917 bits per heavy atom. The summed E-state index contributed by atoms with van der Waals surface area (Å²) in [5, 5.41) is 70.1. The van der Waals surface area contributed by atoms with E-state index in [0.717, 1.165) is 30.3 Å². The van der Waals surface area contributed by atoms with E-state index in [-0.39, 0.29) is 52.7 Å². The number of hydrogen-bond donors (Lipinski definition) is 7. The van der Waals surface area contributed by atoms with Gasteiger partial charge in [-0.1, -0.05) is 12.7 Å². The first-order valence-corrected chi connectivity index (χ1v) is 10.6. The summed E-state index contributed by atoms with van der Waals surface area (Å²) in [6.45, 7) is 3.47. The number of ether oxygens (including phenoxy) is 3. The van der Waals surface area contributed by atoms with Crippen molar-refractivity contribution in [3.63, 3.8) is 0 Å². The monoisotopic (exact) mass is 498 g/mol. The molecule has 3 aromatic rings. The van der Waals surface area contributed by atoms with E-state index in [0.29, 0.717) is 0 Å². The Morgan fingerprint density at radius 3 is 2.17 bits per heavy atom. The van der Waals surface area contributed by atoms with E-state index in [4.69, 9.17) is 14.2 Å². The molecule has 1 heterocycles. The van der Waals surface area contributed by atoms with Crippen molar-refractivity contribution in [3.05, 3.63) is 65.7 Å². The highest BCUT2D eigenvalue weighted by atomic mass is 16.6. The SMILES string of the molecule is C=CCOc1c(O)cc(C(=O)O[C@@H]2Cc3c(O)cc(O)cc3O[C@@H]2c2cc(O)c(O)c(O)c2)cc1O. The molecule has 0 saturated heterocycles. The zero-order valence-electron chi connectivity index (χ0n) is 18.6. The molecular weight excluding hydrogens is 476 g/mol. The van der Waals surface area contributed by atoms with Crippen LogP contribution in [-0.2, 0) is 11.2 Å². The Hall–Kier alpha value is -4.93. The van der Waals surface area contributed by atoms with Crippen LogP contribution in [0.3, 0.4) is 0 Å². The Kier molecular flexibility index (Phi) is 6.30. The third-order valence-electron chi connectivity index (χ3n) is 5.48. The van der Waals surface area contributed by atoms with Gasteiger partial charge in [0.2, 0.25) is 5.75 Å². The maximum atomic E-state index is 13.0. The highest BCUT2D eigenvalue weighted by Crippen LogP contribution is 2.46. The average Bonchev–Trinajstić information content (AvgIpc) is 2.81. The molecule has 0 spiro atoms. The number of fused-ring (bicyclic) bond motifs is 1. The van der Waals surface area contributed by atoms with Gasteiger partial charge in [-0.15, -0.1) is 0 Å². The van der Waals surface area contributed by atoms with Gasteiger partial charge in [0.15, 0.2) is 34.9 Å². The molecule has 4 rings (SSSR count). The molecule has 0 amide bonds. The van der Waals surface area contributed by atoms with Crippen molar-refractivity contribution in [1.29, 1.82) is 0 Å². The molecule has 0 aromatic heterocycles. The summed E-state index contributed by atoms with van der Waals surface area (Å²) in [6.07, 6.45) is -1.04. The Morgan fingerprint density at radius 2 is 1.56 bits per heavy atom. The molecule has 0 fully saturated rings. The van der Waals surface area contributed by atoms with E-state index >= 15 is 0 Å². The standard InChI is InChI=1S/C25H22O11/c1-2-3-34-24-18(30)6-12(7-19(24)31)25(33)36-21-10-14-15(27)8-13(26)9-20(14)35-23(21)11-4-16(28)22(32)17(29)5-11/h2,4-9,21,23,26-32H,1,3,10H2/t21-,23-/m1/s1. The van der Waals surface area contributed by atoms with Crippen LogP contribution in [0.1, 0.15) is 27.6 Å². The van der Waals surface area contributed by atoms with Crippen molar-refractivity contribution in [2.75, 3.05) is 6.61 Å². The van der Waals surface area contributed by atoms with Crippen LogP contribution in [0.25, 0.3) is 0 Å². The molecule has 188 valence electrons. The van der Waals surface area contributed by atoms with Gasteiger partial charge in [0.25, 0.3) is 0 Å². The maximum Gasteiger partial charge on any atom is 0.338 e. The largest absolute Gasteiger partial charge is 0.508 e. The zero-order chi connectivity index (χ0) is 26.1. The van der Waals surface area contributed by atoms with Crippen LogP contribution in [0.4, 0.5) is 0 Å². The predicted molar refractivity (Wildman–Crippen MR) is 123 cm³/mol. The van der Waals surface area contributed by atoms with Gasteiger partial charge in [-0.05, 0) is 24.3 Å². The summed E-state index contributed by atoms with van der Waals surface area (Å²) < 4.78 is 16.6. The van der Waals surface area contributed by atoms with Crippen LogP contribution in [-0.4, -0.2) is 54.4 Å². The zero-order valence-corrected chi connectivity index (χ0v) is 18.6. The fourth-order valence-electron chi connectivity index (χ4n) is 3.84. The molecule has 0 saturated carbocycles. The first-order chi connectivity index (χ1) is 17.1. The third kappa shape index (κ3) is 4.53. The third-order valence-corrected chi connectivity index (χ3v) is 5.48. The Bertz CT molecular complexity index is 1300. The number of rotatable bonds is 6. The Labute approximate surface area is 203 Å². The number of phenols is 7. The molecular formula is C25H22O11. The van der Waals surface area contributed by atoms with Crippen molar-refractivity contribution < 1.29 is 54.8 Å². The van der Waals surface area contributed by atoms with Gasteiger partial charge in [0, 0.05) is 29.7 Å². The van der Waals surface area contributed by atoms with Crippen LogP contribution in [0.5, 0.6) is 51.7 Å². The molecule has 1 aliphatic rings. The summed E-state index contributed by atoms with van der Waals surface area (Å²) in [6, 6.07) is 6.56. The van der Waals surface area contributed by atoms with E-state index in [2.05, 4.69) is 6.58 Å². The minimum absolute atomic E-state index is 0.00319. The number of esters is 1. The van der Waals surface area contributed by atoms with E-state index in [9.17, 15) is 40.5 Å². The van der Waals surface area contributed by atoms with Gasteiger partial charge in [-0.2, -0.15) is 0 Å². The lowest BCUT2D eigenvalue weighted by atomic mass is 9.93. The van der Waals surface area contributed by atoms with Crippen molar-refractivity contribution in [2.24, 2.45) is 0 Å². The molecule has 11 nitrogen and oxygen atoms in total. The fourth-order valence-corrected chi connectivity index (χ4v) is 3.84. The molecule has 0 radical (unpaired) electrons. The van der Waals surface area contributed by atoms with Crippen LogP contribution in [0, 0.1) is 0 Å². The van der Waals surface area contributed by atoms with Crippen LogP contribution < -0.4 is 9.47 Å². The van der Waals surface area contributed by atoms with Gasteiger partial charge in [-0.25, -0.2) is 4.79 Å². The topological polar surface area (TPSA) is 186 Å². The first-order valence-electron chi connectivity index (χ1n) is 10.6. The summed E-state index contributed by atoms with van der Waals surface area (Å²) in [4.78, 5) is 13.0. The molecule has 0 aliphatic carbocycles. The van der Waals surface area contributed by atoms with Gasteiger partial charge in [0.1, 0.15) is 30.0 Å². The van der Waals surface area contributed by atoms with Crippen LogP contribution in [0.2, 0.25) is 0 Å². The Balaban J connectivity index is 1.70. The van der Waals surface area contributed by atoms with Crippen molar-refractivity contribution >= 4 is 5.97 Å². The van der Waals surface area contributed by atoms with Gasteiger partial charge in [0.05, 0.1) is 5.56 Å². The minimum Gasteiger partial charge on any atom is -0.508 e. The highest BCUT2D eigenvalue weighted by molar-refractivity contribution is 5.91. The first kappa shape index (κ1) is 24.2. The normalized spacial score (nSPS) is 16.4. The van der Waals surface area contributed by atoms with Crippen molar-refractivity contribution in [2.45, 2.75) is 18.6 Å². The quantitative estimate of drug-likeness (QED) is 0.150. The number of phenolic OH excluding ortho intramolecular Hbond substituents is 7. The molecule has 7 N–H and O–H groups in total. The molecule has 3 aromatic carbocycles.